The second-order valence-electron chi connectivity index (χ2n) is 5.86. The number of anilines is 2. The van der Waals surface area contributed by atoms with Crippen LogP contribution in [0.1, 0.15) is 29.0 Å². The van der Waals surface area contributed by atoms with Gasteiger partial charge in [-0.05, 0) is 48.9 Å². The highest BCUT2D eigenvalue weighted by atomic mass is 32.1. The van der Waals surface area contributed by atoms with Crippen molar-refractivity contribution < 1.29 is 14.3 Å². The fourth-order valence-electron chi connectivity index (χ4n) is 2.50. The SMILES string of the molecule is COc1ccc(Nc2nc(C(=O)NC(C)c3cccc(OC)c3)cs2)cc1. The van der Waals surface area contributed by atoms with Crippen LogP contribution < -0.4 is 20.1 Å². The van der Waals surface area contributed by atoms with E-state index in [4.69, 9.17) is 9.47 Å². The molecule has 2 aromatic carbocycles. The summed E-state index contributed by atoms with van der Waals surface area (Å²) in [6.07, 6.45) is 0. The van der Waals surface area contributed by atoms with E-state index in [1.807, 2.05) is 55.5 Å². The van der Waals surface area contributed by atoms with Crippen molar-refractivity contribution in [3.8, 4) is 11.5 Å². The Bertz CT molecular complexity index is 909. The lowest BCUT2D eigenvalue weighted by Crippen LogP contribution is -2.26. The van der Waals surface area contributed by atoms with Crippen LogP contribution >= 0.6 is 11.3 Å². The van der Waals surface area contributed by atoms with Crippen LogP contribution in [0.5, 0.6) is 11.5 Å². The molecule has 0 saturated carbocycles. The third-order valence-corrected chi connectivity index (χ3v) is 4.78. The summed E-state index contributed by atoms with van der Waals surface area (Å²) in [7, 11) is 3.25. The van der Waals surface area contributed by atoms with Crippen LogP contribution in [0.2, 0.25) is 0 Å². The topological polar surface area (TPSA) is 72.5 Å². The van der Waals surface area contributed by atoms with Crippen molar-refractivity contribution in [1.82, 2.24) is 10.3 Å². The molecule has 1 amide bonds. The first-order valence-electron chi connectivity index (χ1n) is 8.40. The number of nitrogens with one attached hydrogen (secondary N) is 2. The second kappa shape index (κ2) is 8.55. The van der Waals surface area contributed by atoms with Gasteiger partial charge in [0.1, 0.15) is 17.2 Å². The average molecular weight is 383 g/mol. The summed E-state index contributed by atoms with van der Waals surface area (Å²) in [6.45, 7) is 1.93. The van der Waals surface area contributed by atoms with Gasteiger partial charge in [-0.15, -0.1) is 11.3 Å². The highest BCUT2D eigenvalue weighted by Crippen LogP contribution is 2.24. The van der Waals surface area contributed by atoms with Crippen molar-refractivity contribution in [1.29, 1.82) is 0 Å². The number of aromatic nitrogens is 1. The lowest BCUT2D eigenvalue weighted by Gasteiger charge is -2.14. The number of nitrogens with zero attached hydrogens (tertiary/aromatic N) is 1. The monoisotopic (exact) mass is 383 g/mol. The average Bonchev–Trinajstić information content (AvgIpc) is 3.17. The van der Waals surface area contributed by atoms with E-state index in [9.17, 15) is 4.79 Å². The van der Waals surface area contributed by atoms with Crippen LogP contribution in [-0.4, -0.2) is 25.1 Å². The molecule has 7 heteroatoms. The van der Waals surface area contributed by atoms with Gasteiger partial charge in [0.25, 0.3) is 5.91 Å². The van der Waals surface area contributed by atoms with Crippen LogP contribution in [0.4, 0.5) is 10.8 Å². The molecule has 1 heterocycles. The van der Waals surface area contributed by atoms with Crippen molar-refractivity contribution in [3.63, 3.8) is 0 Å². The number of amides is 1. The molecule has 27 heavy (non-hydrogen) atoms. The molecule has 0 aliphatic heterocycles. The van der Waals surface area contributed by atoms with Crippen molar-refractivity contribution in [2.45, 2.75) is 13.0 Å². The summed E-state index contributed by atoms with van der Waals surface area (Å²) < 4.78 is 10.4. The molecule has 3 rings (SSSR count). The maximum atomic E-state index is 12.5. The molecular weight excluding hydrogens is 362 g/mol. The quantitative estimate of drug-likeness (QED) is 0.633. The summed E-state index contributed by atoms with van der Waals surface area (Å²) in [5, 5.41) is 8.54. The largest absolute Gasteiger partial charge is 0.497 e. The fourth-order valence-corrected chi connectivity index (χ4v) is 3.21. The Morgan fingerprint density at radius 1 is 1.07 bits per heavy atom. The molecule has 0 aliphatic carbocycles. The Kier molecular flexibility index (Phi) is 5.93. The van der Waals surface area contributed by atoms with Gasteiger partial charge >= 0.3 is 0 Å². The zero-order valence-electron chi connectivity index (χ0n) is 15.4. The van der Waals surface area contributed by atoms with Crippen LogP contribution in [0, 0.1) is 0 Å². The van der Waals surface area contributed by atoms with Gasteiger partial charge in [0.15, 0.2) is 5.13 Å². The zero-order chi connectivity index (χ0) is 19.2. The van der Waals surface area contributed by atoms with Gasteiger partial charge in [0.2, 0.25) is 0 Å². The molecule has 0 saturated heterocycles. The molecule has 1 atom stereocenters. The van der Waals surface area contributed by atoms with E-state index in [-0.39, 0.29) is 11.9 Å². The molecule has 0 bridgehead atoms. The van der Waals surface area contributed by atoms with E-state index in [2.05, 4.69) is 15.6 Å². The Balaban J connectivity index is 1.63. The standard InChI is InChI=1S/C20H21N3O3S/c1-13(14-5-4-6-17(11-14)26-3)21-19(24)18-12-27-20(23-18)22-15-7-9-16(25-2)10-8-15/h4-13H,1-3H3,(H,21,24)(H,22,23). The van der Waals surface area contributed by atoms with Gasteiger partial charge in [-0.1, -0.05) is 12.1 Å². The van der Waals surface area contributed by atoms with Crippen LogP contribution in [0.15, 0.2) is 53.9 Å². The maximum Gasteiger partial charge on any atom is 0.271 e. The van der Waals surface area contributed by atoms with Crippen LogP contribution in [0.25, 0.3) is 0 Å². The van der Waals surface area contributed by atoms with Crippen LogP contribution in [-0.2, 0) is 0 Å². The Morgan fingerprint density at radius 3 is 2.52 bits per heavy atom. The Morgan fingerprint density at radius 2 is 1.81 bits per heavy atom. The first-order chi connectivity index (χ1) is 13.1. The Labute approximate surface area is 162 Å². The lowest BCUT2D eigenvalue weighted by atomic mass is 10.1. The van der Waals surface area contributed by atoms with Gasteiger partial charge in [-0.3, -0.25) is 4.79 Å². The number of hydrogen-bond donors (Lipinski definition) is 2. The predicted octanol–water partition coefficient (Wildman–Crippen LogP) is 4.39. The molecule has 3 aromatic rings. The normalized spacial score (nSPS) is 11.5. The third-order valence-electron chi connectivity index (χ3n) is 4.02. The van der Waals surface area contributed by atoms with E-state index in [0.717, 1.165) is 22.7 Å². The molecule has 0 fully saturated rings. The third kappa shape index (κ3) is 4.77. The summed E-state index contributed by atoms with van der Waals surface area (Å²) in [5.74, 6) is 1.32. The molecule has 1 unspecified atom stereocenters. The molecule has 140 valence electrons. The van der Waals surface area contributed by atoms with Crippen molar-refractivity contribution >= 4 is 28.1 Å². The number of rotatable bonds is 7. The summed E-state index contributed by atoms with van der Waals surface area (Å²) in [6, 6.07) is 15.0. The molecule has 0 radical (unpaired) electrons. The number of carbonyl (C=O) groups excluding carboxylic acids is 1. The number of benzene rings is 2. The lowest BCUT2D eigenvalue weighted by molar-refractivity contribution is 0.0935. The molecule has 1 aromatic heterocycles. The predicted molar refractivity (Wildman–Crippen MR) is 107 cm³/mol. The fraction of sp³-hybridized carbons (Fsp3) is 0.200. The molecule has 2 N–H and O–H groups in total. The van der Waals surface area contributed by atoms with E-state index < -0.39 is 0 Å². The Hall–Kier alpha value is -3.06. The molecular formula is C20H21N3O3S. The van der Waals surface area contributed by atoms with E-state index in [1.165, 1.54) is 11.3 Å². The second-order valence-corrected chi connectivity index (χ2v) is 6.72. The minimum absolute atomic E-state index is 0.160. The number of carbonyl (C=O) groups is 1. The van der Waals surface area contributed by atoms with E-state index in [0.29, 0.717) is 10.8 Å². The number of hydrogen-bond acceptors (Lipinski definition) is 6. The smallest absolute Gasteiger partial charge is 0.271 e. The summed E-state index contributed by atoms with van der Waals surface area (Å²) in [5.41, 5.74) is 2.22. The molecule has 0 spiro atoms. The minimum atomic E-state index is -0.218. The van der Waals surface area contributed by atoms with Gasteiger partial charge in [0, 0.05) is 11.1 Å². The highest BCUT2D eigenvalue weighted by Gasteiger charge is 2.15. The highest BCUT2D eigenvalue weighted by molar-refractivity contribution is 7.14. The number of thiazole rings is 1. The van der Waals surface area contributed by atoms with Crippen molar-refractivity contribution in [3.05, 3.63) is 65.2 Å². The first-order valence-corrected chi connectivity index (χ1v) is 9.28. The van der Waals surface area contributed by atoms with E-state index >= 15 is 0 Å². The summed E-state index contributed by atoms with van der Waals surface area (Å²) >= 11 is 1.38. The van der Waals surface area contributed by atoms with Crippen molar-refractivity contribution in [2.24, 2.45) is 0 Å². The van der Waals surface area contributed by atoms with Gasteiger partial charge in [0.05, 0.1) is 20.3 Å². The molecule has 0 aliphatic rings. The van der Waals surface area contributed by atoms with Gasteiger partial charge in [-0.2, -0.15) is 0 Å². The minimum Gasteiger partial charge on any atom is -0.497 e. The van der Waals surface area contributed by atoms with Crippen LogP contribution in [0.3, 0.4) is 0 Å². The number of methoxy groups -OCH3 is 2. The number of ether oxygens (including phenoxy) is 2. The zero-order valence-corrected chi connectivity index (χ0v) is 16.2. The van der Waals surface area contributed by atoms with Gasteiger partial charge < -0.3 is 20.1 Å². The molecule has 6 nitrogen and oxygen atoms in total. The first kappa shape index (κ1) is 18.7. The maximum absolute atomic E-state index is 12.5. The summed E-state index contributed by atoms with van der Waals surface area (Å²) in [4.78, 5) is 16.9. The van der Waals surface area contributed by atoms with Gasteiger partial charge in [-0.25, -0.2) is 4.98 Å². The van der Waals surface area contributed by atoms with Crippen molar-refractivity contribution in [2.75, 3.05) is 19.5 Å². The van der Waals surface area contributed by atoms with E-state index in [1.54, 1.807) is 19.6 Å².